The Labute approximate surface area is 129 Å². The van der Waals surface area contributed by atoms with Gasteiger partial charge in [0.2, 0.25) is 0 Å². The molecule has 3 aromatic rings. The normalized spacial score (nSPS) is 10.9. The monoisotopic (exact) mass is 348 g/mol. The van der Waals surface area contributed by atoms with Crippen molar-refractivity contribution in [1.29, 1.82) is 0 Å². The molecule has 3 rings (SSSR count). The van der Waals surface area contributed by atoms with E-state index in [0.717, 1.165) is 25.4 Å². The van der Waals surface area contributed by atoms with E-state index in [-0.39, 0.29) is 0 Å². The number of nitrogens with zero attached hydrogens (tertiary/aromatic N) is 1. The van der Waals surface area contributed by atoms with Crippen LogP contribution in [0.4, 0.5) is 5.69 Å². The van der Waals surface area contributed by atoms with Crippen LogP contribution in [0.15, 0.2) is 34.8 Å². The Hall–Kier alpha value is -1.59. The molecule has 0 atom stereocenters. The van der Waals surface area contributed by atoms with Gasteiger partial charge in [0.1, 0.15) is 5.75 Å². The van der Waals surface area contributed by atoms with Crippen molar-refractivity contribution in [3.05, 3.63) is 45.4 Å². The Morgan fingerprint density at radius 3 is 2.70 bits per heavy atom. The van der Waals surface area contributed by atoms with Crippen LogP contribution in [0, 0.1) is 13.8 Å². The number of fused-ring (bicyclic) bond motifs is 1. The molecule has 0 aliphatic carbocycles. The summed E-state index contributed by atoms with van der Waals surface area (Å²) in [7, 11) is 0. The minimum absolute atomic E-state index is 0.619. The number of thiazole rings is 1. The highest BCUT2D eigenvalue weighted by atomic mass is 79.9. The van der Waals surface area contributed by atoms with E-state index in [4.69, 9.17) is 10.5 Å². The topological polar surface area (TPSA) is 48.1 Å². The average Bonchev–Trinajstić information content (AvgIpc) is 2.72. The summed E-state index contributed by atoms with van der Waals surface area (Å²) >= 11 is 5.13. The first-order valence-corrected chi connectivity index (χ1v) is 7.74. The molecule has 5 heteroatoms. The van der Waals surface area contributed by atoms with Crippen molar-refractivity contribution < 1.29 is 4.74 Å². The van der Waals surface area contributed by atoms with E-state index < -0.39 is 0 Å². The van der Waals surface area contributed by atoms with Crippen LogP contribution in [0.25, 0.3) is 10.2 Å². The summed E-state index contributed by atoms with van der Waals surface area (Å²) in [5, 5.41) is 1.02. The maximum Gasteiger partial charge on any atom is 0.152 e. The van der Waals surface area contributed by atoms with Gasteiger partial charge in [0, 0.05) is 6.07 Å². The van der Waals surface area contributed by atoms with Crippen molar-refractivity contribution in [2.24, 2.45) is 0 Å². The number of halogens is 1. The second-order valence-corrected chi connectivity index (χ2v) is 6.72. The van der Waals surface area contributed by atoms with Crippen molar-refractivity contribution in [3.63, 3.8) is 0 Å². The molecule has 2 N–H and O–H groups in total. The number of benzene rings is 2. The molecule has 0 aliphatic heterocycles. The van der Waals surface area contributed by atoms with Gasteiger partial charge in [-0.1, -0.05) is 6.07 Å². The quantitative estimate of drug-likeness (QED) is 0.659. The van der Waals surface area contributed by atoms with Gasteiger partial charge in [-0.2, -0.15) is 0 Å². The minimum Gasteiger partial charge on any atom is -0.454 e. The van der Waals surface area contributed by atoms with Gasteiger partial charge in [-0.3, -0.25) is 0 Å². The van der Waals surface area contributed by atoms with Crippen LogP contribution in [0.1, 0.15) is 10.6 Å². The third-order valence-corrected chi connectivity index (χ3v) is 4.49. The third kappa shape index (κ3) is 2.51. The van der Waals surface area contributed by atoms with E-state index >= 15 is 0 Å². The van der Waals surface area contributed by atoms with Crippen LogP contribution in [-0.2, 0) is 0 Å². The maximum atomic E-state index is 6.06. The van der Waals surface area contributed by atoms with E-state index in [9.17, 15) is 0 Å². The first-order valence-electron chi connectivity index (χ1n) is 6.13. The Kier molecular flexibility index (Phi) is 3.40. The zero-order chi connectivity index (χ0) is 14.3. The van der Waals surface area contributed by atoms with Gasteiger partial charge in [0.15, 0.2) is 5.75 Å². The second kappa shape index (κ2) is 5.07. The third-order valence-electron chi connectivity index (χ3n) is 2.93. The average molecular weight is 349 g/mol. The Bertz CT molecular complexity index is 798. The number of rotatable bonds is 2. The van der Waals surface area contributed by atoms with Crippen molar-refractivity contribution >= 4 is 43.2 Å². The second-order valence-electron chi connectivity index (χ2n) is 4.63. The molecule has 20 heavy (non-hydrogen) atoms. The van der Waals surface area contributed by atoms with E-state index in [1.54, 1.807) is 11.3 Å². The van der Waals surface area contributed by atoms with Crippen LogP contribution in [0.5, 0.6) is 11.5 Å². The van der Waals surface area contributed by atoms with E-state index in [2.05, 4.69) is 20.9 Å². The number of nitrogens with two attached hydrogens (primary N) is 1. The molecule has 0 amide bonds. The lowest BCUT2D eigenvalue weighted by molar-refractivity contribution is 0.482. The molecule has 2 aromatic carbocycles. The summed E-state index contributed by atoms with van der Waals surface area (Å²) in [6.45, 7) is 4.02. The van der Waals surface area contributed by atoms with Gasteiger partial charge >= 0.3 is 0 Å². The van der Waals surface area contributed by atoms with Crippen LogP contribution in [-0.4, -0.2) is 4.98 Å². The van der Waals surface area contributed by atoms with Crippen molar-refractivity contribution in [2.75, 3.05) is 5.73 Å². The van der Waals surface area contributed by atoms with Crippen molar-refractivity contribution in [2.45, 2.75) is 13.8 Å². The lowest BCUT2D eigenvalue weighted by Crippen LogP contribution is -1.93. The number of nitrogen functional groups attached to an aromatic ring is 1. The molecule has 0 unspecified atom stereocenters. The summed E-state index contributed by atoms with van der Waals surface area (Å²) in [6, 6.07) is 9.74. The van der Waals surface area contributed by atoms with Crippen LogP contribution >= 0.6 is 27.3 Å². The number of anilines is 1. The summed E-state index contributed by atoms with van der Waals surface area (Å²) in [4.78, 5) is 4.46. The molecule has 0 bridgehead atoms. The summed E-state index contributed by atoms with van der Waals surface area (Å²) in [6.07, 6.45) is 0. The number of hydrogen-bond acceptors (Lipinski definition) is 4. The van der Waals surface area contributed by atoms with Gasteiger partial charge in [-0.05, 0) is 53.5 Å². The van der Waals surface area contributed by atoms with Crippen molar-refractivity contribution in [3.8, 4) is 11.5 Å². The number of ether oxygens (including phenoxy) is 1. The molecule has 0 radical (unpaired) electrons. The first kappa shape index (κ1) is 13.4. The highest BCUT2D eigenvalue weighted by Crippen LogP contribution is 2.36. The van der Waals surface area contributed by atoms with Crippen LogP contribution < -0.4 is 10.5 Å². The smallest absolute Gasteiger partial charge is 0.152 e. The molecule has 0 saturated heterocycles. The Morgan fingerprint density at radius 1 is 1.15 bits per heavy atom. The molecule has 102 valence electrons. The molecule has 0 aliphatic rings. The molecule has 3 nitrogen and oxygen atoms in total. The van der Waals surface area contributed by atoms with Crippen LogP contribution in [0.3, 0.4) is 0 Å². The summed E-state index contributed by atoms with van der Waals surface area (Å²) < 4.78 is 7.89. The fraction of sp³-hybridized carbons (Fsp3) is 0.133. The molecular formula is C15H13BrN2OS. The minimum atomic E-state index is 0.619. The highest BCUT2D eigenvalue weighted by molar-refractivity contribution is 9.10. The van der Waals surface area contributed by atoms with Crippen molar-refractivity contribution in [1.82, 2.24) is 4.98 Å². The van der Waals surface area contributed by atoms with Gasteiger partial charge in [0.05, 0.1) is 25.4 Å². The first-order chi connectivity index (χ1) is 9.52. The zero-order valence-corrected chi connectivity index (χ0v) is 13.5. The molecule has 0 fully saturated rings. The van der Waals surface area contributed by atoms with E-state index in [1.165, 1.54) is 5.56 Å². The van der Waals surface area contributed by atoms with Gasteiger partial charge in [-0.25, -0.2) is 4.98 Å². The predicted octanol–water partition coefficient (Wildman–Crippen LogP) is 5.05. The predicted molar refractivity (Wildman–Crippen MR) is 87.7 cm³/mol. The summed E-state index contributed by atoms with van der Waals surface area (Å²) in [5.74, 6) is 1.38. The lowest BCUT2D eigenvalue weighted by atomic mass is 10.2. The van der Waals surface area contributed by atoms with Gasteiger partial charge < -0.3 is 10.5 Å². The summed E-state index contributed by atoms with van der Waals surface area (Å²) in [5.41, 5.74) is 8.77. The standard InChI is InChI=1S/C15H13BrN2OS/c1-8-3-4-13(10(16)5-8)19-14-7-12-15(6-11(14)17)20-9(2)18-12/h3-7H,17H2,1-2H3. The van der Waals surface area contributed by atoms with E-state index in [0.29, 0.717) is 11.4 Å². The molecule has 1 aromatic heterocycles. The largest absolute Gasteiger partial charge is 0.454 e. The van der Waals surface area contributed by atoms with Crippen LogP contribution in [0.2, 0.25) is 0 Å². The lowest BCUT2D eigenvalue weighted by Gasteiger charge is -2.10. The SMILES string of the molecule is Cc1ccc(Oc2cc3nc(C)sc3cc2N)c(Br)c1. The molecule has 0 saturated carbocycles. The Morgan fingerprint density at radius 2 is 1.95 bits per heavy atom. The zero-order valence-electron chi connectivity index (χ0n) is 11.1. The highest BCUT2D eigenvalue weighted by Gasteiger charge is 2.10. The fourth-order valence-corrected chi connectivity index (χ4v) is 3.41. The van der Waals surface area contributed by atoms with Gasteiger partial charge in [0.25, 0.3) is 0 Å². The number of aryl methyl sites for hydroxylation is 2. The number of aromatic nitrogens is 1. The van der Waals surface area contributed by atoms with E-state index in [1.807, 2.05) is 44.2 Å². The number of hydrogen-bond donors (Lipinski definition) is 1. The van der Waals surface area contributed by atoms with Gasteiger partial charge in [-0.15, -0.1) is 11.3 Å². The maximum absolute atomic E-state index is 6.06. The Balaban J connectivity index is 2.03. The molecule has 1 heterocycles. The molecular weight excluding hydrogens is 336 g/mol. The fourth-order valence-electron chi connectivity index (χ4n) is 1.98. The molecule has 0 spiro atoms.